The van der Waals surface area contributed by atoms with Crippen LogP contribution in [0.3, 0.4) is 0 Å². The van der Waals surface area contributed by atoms with E-state index in [-0.39, 0.29) is 24.4 Å². The van der Waals surface area contributed by atoms with E-state index in [1.807, 2.05) is 60.8 Å². The van der Waals surface area contributed by atoms with Crippen molar-refractivity contribution in [3.63, 3.8) is 0 Å². The van der Waals surface area contributed by atoms with Crippen molar-refractivity contribution in [3.05, 3.63) is 71.9 Å². The number of aromatic nitrogens is 1. The van der Waals surface area contributed by atoms with Gasteiger partial charge < -0.3 is 19.9 Å². The molecule has 0 saturated carbocycles. The van der Waals surface area contributed by atoms with Crippen LogP contribution in [0.2, 0.25) is 0 Å². The minimum atomic E-state index is -0.690. The van der Waals surface area contributed by atoms with Crippen LogP contribution in [0.4, 0.5) is 4.79 Å². The molecule has 3 heterocycles. The molecule has 1 atom stereocenters. The molecule has 0 aliphatic carbocycles. The van der Waals surface area contributed by atoms with Crippen LogP contribution in [0.15, 0.2) is 60.8 Å². The maximum Gasteiger partial charge on any atom is 0.325 e. The summed E-state index contributed by atoms with van der Waals surface area (Å²) in [6.07, 6.45) is 3.71. The maximum absolute atomic E-state index is 13.4. The second kappa shape index (κ2) is 9.69. The number of H-pyrrole nitrogens is 1. The number of para-hydroxylation sites is 1. The Balaban J connectivity index is 1.29. The highest BCUT2D eigenvalue weighted by Gasteiger charge is 2.40. The second-order valence-electron chi connectivity index (χ2n) is 8.84. The first-order valence-electron chi connectivity index (χ1n) is 11.7. The molecule has 2 aromatic carbocycles. The van der Waals surface area contributed by atoms with Gasteiger partial charge in [0.05, 0.1) is 0 Å². The SMILES string of the molecule is O=C1NC(Cc2c[nH]c3ccccc23)C(=O)N1CC(=O)N(Cc1ccccc1)C1CCOCC1. The van der Waals surface area contributed by atoms with Gasteiger partial charge in [0.15, 0.2) is 0 Å². The summed E-state index contributed by atoms with van der Waals surface area (Å²) in [4.78, 5) is 45.2. The first-order valence-corrected chi connectivity index (χ1v) is 11.7. The molecule has 2 fully saturated rings. The molecule has 0 radical (unpaired) electrons. The Morgan fingerprint density at radius 2 is 1.76 bits per heavy atom. The lowest BCUT2D eigenvalue weighted by molar-refractivity contribution is -0.140. The van der Waals surface area contributed by atoms with Gasteiger partial charge in [0, 0.05) is 49.3 Å². The summed E-state index contributed by atoms with van der Waals surface area (Å²) < 4.78 is 5.47. The number of carbonyl (C=O) groups is 3. The van der Waals surface area contributed by atoms with Crippen molar-refractivity contribution in [3.8, 4) is 0 Å². The highest BCUT2D eigenvalue weighted by Crippen LogP contribution is 2.22. The Hall–Kier alpha value is -3.65. The first kappa shape index (κ1) is 22.2. The molecule has 1 unspecified atom stereocenters. The molecule has 1 aromatic heterocycles. The van der Waals surface area contributed by atoms with Crippen molar-refractivity contribution < 1.29 is 19.1 Å². The summed E-state index contributed by atoms with van der Waals surface area (Å²) in [6, 6.07) is 16.4. The highest BCUT2D eigenvalue weighted by atomic mass is 16.5. The van der Waals surface area contributed by atoms with E-state index < -0.39 is 12.1 Å². The van der Waals surface area contributed by atoms with Crippen LogP contribution >= 0.6 is 0 Å². The molecule has 8 heteroatoms. The summed E-state index contributed by atoms with van der Waals surface area (Å²) in [5.41, 5.74) is 2.95. The van der Waals surface area contributed by atoms with E-state index in [2.05, 4.69) is 10.3 Å². The molecule has 4 amide bonds. The molecule has 176 valence electrons. The molecular weight excluding hydrogens is 432 g/mol. The average molecular weight is 461 g/mol. The standard InChI is InChI=1S/C26H28N4O4/c31-24(29(20-10-12-34-13-11-20)16-18-6-2-1-3-7-18)17-30-25(32)23(28-26(30)33)14-19-15-27-22-9-5-4-8-21(19)22/h1-9,15,20,23,27H,10-14,16-17H2,(H,28,33). The van der Waals surface area contributed by atoms with Crippen LogP contribution in [0.1, 0.15) is 24.0 Å². The summed E-state index contributed by atoms with van der Waals surface area (Å²) in [7, 11) is 0. The Morgan fingerprint density at radius 1 is 1.03 bits per heavy atom. The number of rotatable bonds is 7. The second-order valence-corrected chi connectivity index (χ2v) is 8.84. The number of fused-ring (bicyclic) bond motifs is 1. The summed E-state index contributed by atoms with van der Waals surface area (Å²) in [5.74, 6) is -0.595. The number of urea groups is 1. The molecule has 5 rings (SSSR count). The van der Waals surface area contributed by atoms with Gasteiger partial charge in [-0.25, -0.2) is 4.79 Å². The molecule has 2 aliphatic rings. The van der Waals surface area contributed by atoms with E-state index >= 15 is 0 Å². The zero-order chi connectivity index (χ0) is 23.5. The number of hydrogen-bond donors (Lipinski definition) is 2. The van der Waals surface area contributed by atoms with Gasteiger partial charge in [-0.05, 0) is 30.0 Å². The van der Waals surface area contributed by atoms with E-state index in [1.165, 1.54) is 0 Å². The van der Waals surface area contributed by atoms with Crippen molar-refractivity contribution in [1.82, 2.24) is 20.1 Å². The minimum absolute atomic E-state index is 0.0178. The quantitative estimate of drug-likeness (QED) is 0.530. The fourth-order valence-corrected chi connectivity index (χ4v) is 4.81. The van der Waals surface area contributed by atoms with Crippen molar-refractivity contribution in [2.24, 2.45) is 0 Å². The van der Waals surface area contributed by atoms with Gasteiger partial charge >= 0.3 is 6.03 Å². The van der Waals surface area contributed by atoms with Crippen LogP contribution in [0, 0.1) is 0 Å². The topological polar surface area (TPSA) is 94.7 Å². The Labute approximate surface area is 197 Å². The van der Waals surface area contributed by atoms with E-state index in [0.29, 0.717) is 26.2 Å². The van der Waals surface area contributed by atoms with Crippen LogP contribution in [-0.4, -0.2) is 64.5 Å². The van der Waals surface area contributed by atoms with Gasteiger partial charge in [-0.1, -0.05) is 48.5 Å². The first-order chi connectivity index (χ1) is 16.6. The average Bonchev–Trinajstić information content (AvgIpc) is 3.39. The van der Waals surface area contributed by atoms with Gasteiger partial charge in [-0.3, -0.25) is 14.5 Å². The van der Waals surface area contributed by atoms with Crippen LogP contribution < -0.4 is 5.32 Å². The zero-order valence-corrected chi connectivity index (χ0v) is 18.9. The van der Waals surface area contributed by atoms with Gasteiger partial charge in [0.25, 0.3) is 5.91 Å². The largest absolute Gasteiger partial charge is 0.381 e. The number of ether oxygens (including phenoxy) is 1. The zero-order valence-electron chi connectivity index (χ0n) is 18.9. The number of hydrogen-bond acceptors (Lipinski definition) is 4. The third kappa shape index (κ3) is 4.54. The Bertz CT molecular complexity index is 1190. The van der Waals surface area contributed by atoms with E-state index in [1.54, 1.807) is 4.90 Å². The van der Waals surface area contributed by atoms with Crippen molar-refractivity contribution >= 4 is 28.7 Å². The van der Waals surface area contributed by atoms with Gasteiger partial charge in [0.2, 0.25) is 5.91 Å². The van der Waals surface area contributed by atoms with E-state index in [9.17, 15) is 14.4 Å². The number of aromatic amines is 1. The van der Waals surface area contributed by atoms with Gasteiger partial charge in [-0.15, -0.1) is 0 Å². The molecule has 2 aliphatic heterocycles. The minimum Gasteiger partial charge on any atom is -0.381 e. The van der Waals surface area contributed by atoms with E-state index in [4.69, 9.17) is 4.74 Å². The predicted molar refractivity (Wildman–Crippen MR) is 127 cm³/mol. The van der Waals surface area contributed by atoms with Crippen LogP contribution in [-0.2, 0) is 27.3 Å². The highest BCUT2D eigenvalue weighted by molar-refractivity contribution is 6.06. The lowest BCUT2D eigenvalue weighted by Crippen LogP contribution is -2.48. The molecule has 8 nitrogen and oxygen atoms in total. The number of amides is 4. The summed E-state index contributed by atoms with van der Waals surface area (Å²) in [5, 5.41) is 3.78. The number of nitrogens with one attached hydrogen (secondary N) is 2. The summed E-state index contributed by atoms with van der Waals surface area (Å²) >= 11 is 0. The van der Waals surface area contributed by atoms with Crippen molar-refractivity contribution in [2.75, 3.05) is 19.8 Å². The van der Waals surface area contributed by atoms with Crippen molar-refractivity contribution in [2.45, 2.75) is 37.9 Å². The third-order valence-corrected chi connectivity index (χ3v) is 6.65. The molecule has 2 N–H and O–H groups in total. The van der Waals surface area contributed by atoms with Gasteiger partial charge in [0.1, 0.15) is 12.6 Å². The van der Waals surface area contributed by atoms with Crippen molar-refractivity contribution in [1.29, 1.82) is 0 Å². The molecule has 3 aromatic rings. The lowest BCUT2D eigenvalue weighted by Gasteiger charge is -2.35. The fraction of sp³-hybridized carbons (Fsp3) is 0.346. The molecule has 2 saturated heterocycles. The normalized spacial score (nSPS) is 18.9. The van der Waals surface area contributed by atoms with Gasteiger partial charge in [-0.2, -0.15) is 0 Å². The predicted octanol–water partition coefficient (Wildman–Crippen LogP) is 2.84. The third-order valence-electron chi connectivity index (χ3n) is 6.65. The Kier molecular flexibility index (Phi) is 6.31. The molecular formula is C26H28N4O4. The monoisotopic (exact) mass is 460 g/mol. The number of nitrogens with zero attached hydrogens (tertiary/aromatic N) is 2. The number of imide groups is 1. The van der Waals surface area contributed by atoms with Crippen LogP contribution in [0.25, 0.3) is 10.9 Å². The molecule has 0 spiro atoms. The molecule has 34 heavy (non-hydrogen) atoms. The summed E-state index contributed by atoms with van der Waals surface area (Å²) in [6.45, 7) is 1.37. The number of benzene rings is 2. The van der Waals surface area contributed by atoms with E-state index in [0.717, 1.165) is 39.8 Å². The number of carbonyl (C=O) groups excluding carboxylic acids is 3. The van der Waals surface area contributed by atoms with Crippen LogP contribution in [0.5, 0.6) is 0 Å². The lowest BCUT2D eigenvalue weighted by atomic mass is 10.0. The maximum atomic E-state index is 13.4. The fourth-order valence-electron chi connectivity index (χ4n) is 4.81. The smallest absolute Gasteiger partial charge is 0.325 e. The Morgan fingerprint density at radius 3 is 2.56 bits per heavy atom. The molecule has 0 bridgehead atoms.